The summed E-state index contributed by atoms with van der Waals surface area (Å²) in [6, 6.07) is 18.6. The van der Waals surface area contributed by atoms with Crippen molar-refractivity contribution >= 4 is 33.0 Å². The first kappa shape index (κ1) is 19.9. The van der Waals surface area contributed by atoms with E-state index in [0.717, 1.165) is 31.1 Å². The molecule has 6 heteroatoms. The van der Waals surface area contributed by atoms with Crippen LogP contribution >= 0.6 is 22.9 Å². The van der Waals surface area contributed by atoms with Crippen LogP contribution in [-0.2, 0) is 6.42 Å². The highest BCUT2D eigenvalue weighted by Crippen LogP contribution is 2.38. The summed E-state index contributed by atoms with van der Waals surface area (Å²) in [4.78, 5) is 5.49. The Balaban J connectivity index is 1.74. The number of alkyl halides is 3. The molecule has 0 N–H and O–H groups in total. The highest BCUT2D eigenvalue weighted by molar-refractivity contribution is 7.19. The molecular formula is C23H17ClF3NS. The van der Waals surface area contributed by atoms with E-state index in [2.05, 4.69) is 11.1 Å². The van der Waals surface area contributed by atoms with Gasteiger partial charge in [0.25, 0.3) is 0 Å². The zero-order valence-electron chi connectivity index (χ0n) is 15.5. The average molecular weight is 432 g/mol. The van der Waals surface area contributed by atoms with Gasteiger partial charge in [0.05, 0.1) is 11.6 Å². The van der Waals surface area contributed by atoms with E-state index in [1.807, 2.05) is 42.5 Å². The van der Waals surface area contributed by atoms with E-state index in [4.69, 9.17) is 11.6 Å². The minimum absolute atomic E-state index is 0.215. The van der Waals surface area contributed by atoms with Crippen molar-refractivity contribution in [3.63, 3.8) is 0 Å². The molecule has 2 heterocycles. The summed E-state index contributed by atoms with van der Waals surface area (Å²) in [7, 11) is 0. The molecule has 148 valence electrons. The van der Waals surface area contributed by atoms with Crippen molar-refractivity contribution in [1.29, 1.82) is 0 Å². The SMILES string of the molecule is C[C@H](c1ccnc(-c2cccc3cc(Cc4ccccc4Cl)sc23)c1)C(F)(F)F. The van der Waals surface area contributed by atoms with Crippen LogP contribution in [0.5, 0.6) is 0 Å². The molecule has 0 aliphatic heterocycles. The summed E-state index contributed by atoms with van der Waals surface area (Å²) < 4.78 is 40.4. The van der Waals surface area contributed by atoms with Gasteiger partial charge in [0.1, 0.15) is 0 Å². The van der Waals surface area contributed by atoms with Crippen LogP contribution in [0.4, 0.5) is 13.2 Å². The Morgan fingerprint density at radius 3 is 2.59 bits per heavy atom. The molecule has 2 aromatic heterocycles. The Morgan fingerprint density at radius 2 is 1.83 bits per heavy atom. The second-order valence-corrected chi connectivity index (χ2v) is 8.49. The molecule has 1 nitrogen and oxygen atoms in total. The Bertz CT molecular complexity index is 1170. The Hall–Kier alpha value is -2.37. The number of nitrogens with zero attached hydrogens (tertiary/aromatic N) is 1. The zero-order valence-corrected chi connectivity index (χ0v) is 17.1. The van der Waals surface area contributed by atoms with E-state index >= 15 is 0 Å². The van der Waals surface area contributed by atoms with Crippen molar-refractivity contribution < 1.29 is 13.2 Å². The van der Waals surface area contributed by atoms with Crippen LogP contribution in [0.1, 0.15) is 28.8 Å². The number of fused-ring (bicyclic) bond motifs is 1. The molecule has 0 bridgehead atoms. The van der Waals surface area contributed by atoms with Gasteiger partial charge in [-0.05, 0) is 47.7 Å². The smallest absolute Gasteiger partial charge is 0.256 e. The lowest BCUT2D eigenvalue weighted by molar-refractivity contribution is -0.146. The molecule has 0 fully saturated rings. The fraction of sp³-hybridized carbons (Fsp3) is 0.174. The normalized spacial score (nSPS) is 13.0. The number of pyridine rings is 1. The van der Waals surface area contributed by atoms with Gasteiger partial charge < -0.3 is 0 Å². The summed E-state index contributed by atoms with van der Waals surface area (Å²) in [5, 5.41) is 1.77. The Labute approximate surface area is 175 Å². The van der Waals surface area contributed by atoms with Crippen molar-refractivity contribution in [3.8, 4) is 11.3 Å². The molecule has 29 heavy (non-hydrogen) atoms. The topological polar surface area (TPSA) is 12.9 Å². The maximum Gasteiger partial charge on any atom is 0.395 e. The predicted molar refractivity (Wildman–Crippen MR) is 114 cm³/mol. The monoisotopic (exact) mass is 431 g/mol. The fourth-order valence-corrected chi connectivity index (χ4v) is 4.69. The van der Waals surface area contributed by atoms with Crippen molar-refractivity contribution in [2.24, 2.45) is 0 Å². The molecule has 0 aliphatic rings. The first-order valence-electron chi connectivity index (χ1n) is 9.11. The quantitative estimate of drug-likeness (QED) is 0.320. The lowest BCUT2D eigenvalue weighted by Gasteiger charge is -2.16. The minimum Gasteiger partial charge on any atom is -0.256 e. The predicted octanol–water partition coefficient (Wildman–Crippen LogP) is 7.87. The standard InChI is InChI=1S/C23H17ClF3NS/c1-14(23(25,26)27)15-9-10-28-21(13-15)19-7-4-6-17-12-18(29-22(17)19)11-16-5-2-3-8-20(16)24/h2-10,12-14H,11H2,1H3/t14-/m1/s1. The Kier molecular flexibility index (Phi) is 5.36. The van der Waals surface area contributed by atoms with Crippen LogP contribution in [0.2, 0.25) is 5.02 Å². The maximum absolute atomic E-state index is 13.1. The summed E-state index contributed by atoms with van der Waals surface area (Å²) in [5.41, 5.74) is 2.65. The lowest BCUT2D eigenvalue weighted by atomic mass is 9.99. The summed E-state index contributed by atoms with van der Waals surface area (Å²) >= 11 is 7.91. The van der Waals surface area contributed by atoms with Gasteiger partial charge in [-0.3, -0.25) is 4.98 Å². The molecule has 0 saturated carbocycles. The van der Waals surface area contributed by atoms with Gasteiger partial charge in [0.15, 0.2) is 0 Å². The largest absolute Gasteiger partial charge is 0.395 e. The molecule has 0 radical (unpaired) electrons. The van der Waals surface area contributed by atoms with Gasteiger partial charge in [-0.2, -0.15) is 13.2 Å². The van der Waals surface area contributed by atoms with Gasteiger partial charge in [-0.1, -0.05) is 48.0 Å². The molecule has 4 aromatic rings. The minimum atomic E-state index is -4.28. The molecule has 0 unspecified atom stereocenters. The van der Waals surface area contributed by atoms with Gasteiger partial charge in [0.2, 0.25) is 0 Å². The van der Waals surface area contributed by atoms with E-state index < -0.39 is 12.1 Å². The highest BCUT2D eigenvalue weighted by atomic mass is 35.5. The molecular weight excluding hydrogens is 415 g/mol. The number of aromatic nitrogens is 1. The van der Waals surface area contributed by atoms with Crippen LogP contribution < -0.4 is 0 Å². The summed E-state index contributed by atoms with van der Waals surface area (Å²) in [6.07, 6.45) is -2.13. The van der Waals surface area contributed by atoms with Crippen molar-refractivity contribution in [2.75, 3.05) is 0 Å². The van der Waals surface area contributed by atoms with Gasteiger partial charge >= 0.3 is 6.18 Å². The number of rotatable bonds is 4. The number of halogens is 4. The molecule has 1 atom stereocenters. The van der Waals surface area contributed by atoms with Crippen LogP contribution in [0.15, 0.2) is 66.9 Å². The van der Waals surface area contributed by atoms with Gasteiger partial charge in [-0.25, -0.2) is 0 Å². The first-order chi connectivity index (χ1) is 13.8. The van der Waals surface area contributed by atoms with E-state index in [1.54, 1.807) is 17.4 Å². The molecule has 4 rings (SSSR count). The van der Waals surface area contributed by atoms with Crippen molar-refractivity contribution in [3.05, 3.63) is 87.9 Å². The van der Waals surface area contributed by atoms with E-state index in [-0.39, 0.29) is 5.56 Å². The number of benzene rings is 2. The second-order valence-electron chi connectivity index (χ2n) is 6.94. The molecule has 0 saturated heterocycles. The van der Waals surface area contributed by atoms with Crippen molar-refractivity contribution in [2.45, 2.75) is 25.4 Å². The maximum atomic E-state index is 13.1. The van der Waals surface area contributed by atoms with Crippen LogP contribution in [0.3, 0.4) is 0 Å². The molecule has 0 spiro atoms. The van der Waals surface area contributed by atoms with Crippen LogP contribution in [0.25, 0.3) is 21.3 Å². The van der Waals surface area contributed by atoms with Gasteiger partial charge in [-0.15, -0.1) is 11.3 Å². The van der Waals surface area contributed by atoms with Gasteiger partial charge in [0, 0.05) is 32.8 Å². The lowest BCUT2D eigenvalue weighted by Crippen LogP contribution is -2.17. The number of hydrogen-bond acceptors (Lipinski definition) is 2. The van der Waals surface area contributed by atoms with E-state index in [0.29, 0.717) is 12.1 Å². The molecule has 2 aromatic carbocycles. The molecule has 0 aliphatic carbocycles. The van der Waals surface area contributed by atoms with Crippen LogP contribution in [0, 0.1) is 0 Å². The molecule has 0 amide bonds. The zero-order chi connectivity index (χ0) is 20.6. The summed E-state index contributed by atoms with van der Waals surface area (Å²) in [5.74, 6) is -1.54. The highest BCUT2D eigenvalue weighted by Gasteiger charge is 2.37. The van der Waals surface area contributed by atoms with E-state index in [1.165, 1.54) is 19.2 Å². The Morgan fingerprint density at radius 1 is 1.03 bits per heavy atom. The number of thiophene rings is 1. The third kappa shape index (κ3) is 4.16. The number of hydrogen-bond donors (Lipinski definition) is 0. The van der Waals surface area contributed by atoms with Crippen LogP contribution in [-0.4, -0.2) is 11.2 Å². The second kappa shape index (κ2) is 7.81. The summed E-state index contributed by atoms with van der Waals surface area (Å²) in [6.45, 7) is 1.17. The fourth-order valence-electron chi connectivity index (χ4n) is 3.29. The van der Waals surface area contributed by atoms with Crippen molar-refractivity contribution in [1.82, 2.24) is 4.98 Å². The third-order valence-electron chi connectivity index (χ3n) is 4.97. The third-order valence-corrected chi connectivity index (χ3v) is 6.52. The average Bonchev–Trinajstić information content (AvgIpc) is 3.11. The van der Waals surface area contributed by atoms with E-state index in [9.17, 15) is 13.2 Å². The first-order valence-corrected chi connectivity index (χ1v) is 10.3.